The summed E-state index contributed by atoms with van der Waals surface area (Å²) < 4.78 is 35.3. The molecule has 2 aliphatic heterocycles. The molecule has 2 heterocycles. The lowest BCUT2D eigenvalue weighted by Crippen LogP contribution is -2.54. The fourth-order valence-electron chi connectivity index (χ4n) is 3.10. The average molecular weight is 380 g/mol. The molecular weight excluding hydrogens is 356 g/mol. The number of piperidine rings is 1. The summed E-state index contributed by atoms with van der Waals surface area (Å²) in [5.41, 5.74) is 1.72. The summed E-state index contributed by atoms with van der Waals surface area (Å²) in [5, 5.41) is 3.57. The fraction of sp³-hybridized carbons (Fsp3) is 0.846. The highest BCUT2D eigenvalue weighted by Crippen LogP contribution is 2.42. The van der Waals surface area contributed by atoms with Crippen LogP contribution in [-0.4, -0.2) is 73.7 Å². The van der Waals surface area contributed by atoms with Crippen molar-refractivity contribution in [3.05, 3.63) is 0 Å². The van der Waals surface area contributed by atoms with Gasteiger partial charge in [0.25, 0.3) is 5.91 Å². The summed E-state index contributed by atoms with van der Waals surface area (Å²) in [6, 6.07) is -2.22. The molecule has 0 radical (unpaired) electrons. The molecular formula is C13H24N4O7S. The predicted molar refractivity (Wildman–Crippen MR) is 85.2 cm³/mol. The fourth-order valence-corrected chi connectivity index (χ4v) is 3.47. The van der Waals surface area contributed by atoms with E-state index >= 15 is 0 Å². The second-order valence-corrected chi connectivity index (χ2v) is 7.76. The molecule has 0 aromatic carbocycles. The summed E-state index contributed by atoms with van der Waals surface area (Å²) in [7, 11) is -3.04. The van der Waals surface area contributed by atoms with E-state index in [4.69, 9.17) is 9.39 Å². The van der Waals surface area contributed by atoms with Crippen molar-refractivity contribution < 1.29 is 31.7 Å². The van der Waals surface area contributed by atoms with E-state index in [1.54, 1.807) is 20.9 Å². The van der Waals surface area contributed by atoms with Gasteiger partial charge in [-0.05, 0) is 31.8 Å². The van der Waals surface area contributed by atoms with Gasteiger partial charge in [-0.1, -0.05) is 13.8 Å². The highest BCUT2D eigenvalue weighted by molar-refractivity contribution is 7.80. The molecule has 2 fully saturated rings. The first-order valence-electron chi connectivity index (χ1n) is 7.90. The molecule has 3 amide bonds. The summed E-state index contributed by atoms with van der Waals surface area (Å²) in [6.07, 6.45) is 0.994. The van der Waals surface area contributed by atoms with Crippen molar-refractivity contribution in [2.24, 2.45) is 5.41 Å². The van der Waals surface area contributed by atoms with E-state index in [-0.39, 0.29) is 6.54 Å². The molecule has 2 unspecified atom stereocenters. The monoisotopic (exact) mass is 380 g/mol. The van der Waals surface area contributed by atoms with Gasteiger partial charge < -0.3 is 10.2 Å². The van der Waals surface area contributed by atoms with Crippen LogP contribution in [0.25, 0.3) is 0 Å². The van der Waals surface area contributed by atoms with Gasteiger partial charge in [0, 0.05) is 6.54 Å². The zero-order valence-electron chi connectivity index (χ0n) is 14.4. The first-order chi connectivity index (χ1) is 11.6. The molecule has 0 aromatic heterocycles. The Labute approximate surface area is 146 Å². The van der Waals surface area contributed by atoms with Gasteiger partial charge in [0.2, 0.25) is 0 Å². The van der Waals surface area contributed by atoms with Crippen LogP contribution in [0.5, 0.6) is 0 Å². The number of hydrogen-bond acceptors (Lipinski definition) is 7. The highest BCUT2D eigenvalue weighted by atomic mass is 32.3. The van der Waals surface area contributed by atoms with E-state index in [1.807, 2.05) is 0 Å². The lowest BCUT2D eigenvalue weighted by atomic mass is 9.76. The molecule has 144 valence electrons. The van der Waals surface area contributed by atoms with E-state index < -0.39 is 39.8 Å². The number of carbonyl (C=O) groups is 2. The molecule has 0 spiro atoms. The SMILES string of the molecule is CNCCCONC(=O)C1CC(C)(C)C2CN1C(=O)N2OS(=O)(=O)O. The quantitative estimate of drug-likeness (QED) is 0.285. The maximum absolute atomic E-state index is 12.4. The average Bonchev–Trinajstić information content (AvgIpc) is 2.77. The van der Waals surface area contributed by atoms with Crippen molar-refractivity contribution in [2.45, 2.75) is 38.8 Å². The van der Waals surface area contributed by atoms with Crippen LogP contribution in [0, 0.1) is 5.41 Å². The van der Waals surface area contributed by atoms with Gasteiger partial charge in [0.15, 0.2) is 0 Å². The van der Waals surface area contributed by atoms with Crippen LogP contribution < -0.4 is 10.8 Å². The largest absolute Gasteiger partial charge is 0.418 e. The van der Waals surface area contributed by atoms with Crippen LogP contribution in [0.3, 0.4) is 0 Å². The minimum absolute atomic E-state index is 0.110. The summed E-state index contributed by atoms with van der Waals surface area (Å²) in [5.74, 6) is -0.488. The lowest BCUT2D eigenvalue weighted by molar-refractivity contribution is -0.141. The maximum Gasteiger partial charge on any atom is 0.418 e. The van der Waals surface area contributed by atoms with E-state index in [1.165, 1.54) is 4.90 Å². The van der Waals surface area contributed by atoms with Crippen molar-refractivity contribution in [2.75, 3.05) is 26.7 Å². The minimum Gasteiger partial charge on any atom is -0.320 e. The molecule has 0 aromatic rings. The van der Waals surface area contributed by atoms with Gasteiger partial charge in [0.1, 0.15) is 6.04 Å². The van der Waals surface area contributed by atoms with Crippen LogP contribution in [0.1, 0.15) is 26.7 Å². The van der Waals surface area contributed by atoms with Crippen molar-refractivity contribution in [1.82, 2.24) is 20.8 Å². The normalized spacial score (nSPS) is 25.4. The number of amides is 3. The van der Waals surface area contributed by atoms with E-state index in [2.05, 4.69) is 15.1 Å². The number of nitrogens with zero attached hydrogens (tertiary/aromatic N) is 2. The molecule has 2 aliphatic rings. The molecule has 2 atom stereocenters. The van der Waals surface area contributed by atoms with E-state index in [0.717, 1.165) is 6.54 Å². The van der Waals surface area contributed by atoms with Crippen molar-refractivity contribution in [3.8, 4) is 0 Å². The second-order valence-electron chi connectivity index (χ2n) is 6.76. The standard InChI is InChI=1S/C13H24N4O7S/c1-13(2)7-9(11(18)15-23-6-4-5-14-3)16-8-10(13)17(12(16)19)24-25(20,21)22/h9-10,14H,4-8H2,1-3H3,(H,15,18)(H,20,21,22). The third kappa shape index (κ3) is 4.58. The van der Waals surface area contributed by atoms with Crippen LogP contribution in [0.15, 0.2) is 0 Å². The second kappa shape index (κ2) is 7.41. The van der Waals surface area contributed by atoms with E-state index in [0.29, 0.717) is 24.5 Å². The molecule has 2 saturated heterocycles. The molecule has 25 heavy (non-hydrogen) atoms. The van der Waals surface area contributed by atoms with Crippen LogP contribution in [-0.2, 0) is 24.3 Å². The molecule has 0 saturated carbocycles. The zero-order chi connectivity index (χ0) is 18.8. The summed E-state index contributed by atoms with van der Waals surface area (Å²) in [6.45, 7) is 4.75. The van der Waals surface area contributed by atoms with Crippen molar-refractivity contribution in [1.29, 1.82) is 0 Å². The Morgan fingerprint density at radius 1 is 1.44 bits per heavy atom. The van der Waals surface area contributed by atoms with Gasteiger partial charge in [-0.3, -0.25) is 14.2 Å². The maximum atomic E-state index is 12.4. The number of fused-ring (bicyclic) bond motifs is 2. The topological polar surface area (TPSA) is 138 Å². The number of carbonyl (C=O) groups excluding carboxylic acids is 2. The molecule has 2 rings (SSSR count). The van der Waals surface area contributed by atoms with Crippen LogP contribution >= 0.6 is 0 Å². The van der Waals surface area contributed by atoms with Gasteiger partial charge in [-0.2, -0.15) is 13.5 Å². The number of hydrogen-bond donors (Lipinski definition) is 3. The molecule has 0 aliphatic carbocycles. The Morgan fingerprint density at radius 3 is 2.72 bits per heavy atom. The molecule has 3 N–H and O–H groups in total. The van der Waals surface area contributed by atoms with Crippen molar-refractivity contribution in [3.63, 3.8) is 0 Å². The first-order valence-corrected chi connectivity index (χ1v) is 9.26. The van der Waals surface area contributed by atoms with Gasteiger partial charge >= 0.3 is 16.4 Å². The smallest absolute Gasteiger partial charge is 0.320 e. The number of nitrogens with one attached hydrogen (secondary N) is 2. The number of hydroxylamine groups is 3. The Kier molecular flexibility index (Phi) is 5.89. The third-order valence-electron chi connectivity index (χ3n) is 4.41. The van der Waals surface area contributed by atoms with Crippen LogP contribution in [0.2, 0.25) is 0 Å². The summed E-state index contributed by atoms with van der Waals surface area (Å²) in [4.78, 5) is 31.1. The third-order valence-corrected chi connectivity index (χ3v) is 4.76. The van der Waals surface area contributed by atoms with Gasteiger partial charge in [-0.25, -0.2) is 10.3 Å². The van der Waals surface area contributed by atoms with Crippen molar-refractivity contribution >= 4 is 22.3 Å². The number of urea groups is 1. The van der Waals surface area contributed by atoms with E-state index in [9.17, 15) is 18.0 Å². The first kappa shape index (κ1) is 19.8. The van der Waals surface area contributed by atoms with Crippen LogP contribution in [0.4, 0.5) is 4.79 Å². The Morgan fingerprint density at radius 2 is 2.12 bits per heavy atom. The zero-order valence-corrected chi connectivity index (χ0v) is 15.2. The predicted octanol–water partition coefficient (Wildman–Crippen LogP) is -0.717. The lowest BCUT2D eigenvalue weighted by Gasteiger charge is -2.40. The Hall–Kier alpha value is -1.47. The minimum atomic E-state index is -4.84. The number of rotatable bonds is 8. The van der Waals surface area contributed by atoms with Gasteiger partial charge in [-0.15, -0.1) is 4.28 Å². The molecule has 2 bridgehead atoms. The van der Waals surface area contributed by atoms with Gasteiger partial charge in [0.05, 0.1) is 12.6 Å². The summed E-state index contributed by atoms with van der Waals surface area (Å²) >= 11 is 0. The Balaban J connectivity index is 2.05. The molecule has 11 nitrogen and oxygen atoms in total. The highest BCUT2D eigenvalue weighted by Gasteiger charge is 2.56. The molecule has 12 heteroatoms. The Bertz CT molecular complexity index is 624.